The molecule has 32 heavy (non-hydrogen) atoms. The number of hydrogen-bond donors (Lipinski definition) is 5. The van der Waals surface area contributed by atoms with E-state index in [0.717, 1.165) is 38.5 Å². The maximum atomic E-state index is 8.55. The number of nitrogens with one attached hydrogen (secondary N) is 1. The molecule has 12 nitrogen and oxygen atoms in total. The van der Waals surface area contributed by atoms with Crippen LogP contribution in [0.3, 0.4) is 0 Å². The maximum Gasteiger partial charge on any atom is 1.00 e. The zero-order valence-corrected chi connectivity index (χ0v) is 20.6. The predicted molar refractivity (Wildman–Crippen MR) is 117 cm³/mol. The number of aliphatic imine (C=N–C) groups is 2. The zero-order chi connectivity index (χ0) is 23.5. The fourth-order valence-corrected chi connectivity index (χ4v) is 3.26. The normalized spacial score (nSPS) is 24.6. The molecule has 4 atom stereocenters. The minimum absolute atomic E-state index is 0. The summed E-state index contributed by atoms with van der Waals surface area (Å²) in [7, 11) is 0. The van der Waals surface area contributed by atoms with Crippen LogP contribution in [0.1, 0.15) is 57.8 Å². The van der Waals surface area contributed by atoms with Crippen LogP contribution in [0.15, 0.2) is 9.98 Å². The fourth-order valence-electron chi connectivity index (χ4n) is 3.26. The number of nitrogens with two attached hydrogens (primary N) is 4. The average molecular weight is 451 g/mol. The van der Waals surface area contributed by atoms with E-state index in [9.17, 15) is 0 Å². The van der Waals surface area contributed by atoms with Crippen molar-refractivity contribution in [3.63, 3.8) is 0 Å². The molecule has 0 radical (unpaired) electrons. The molecule has 0 aromatic rings. The molecular weight excluding hydrogens is 419 g/mol. The van der Waals surface area contributed by atoms with E-state index in [1.165, 1.54) is 25.2 Å². The van der Waals surface area contributed by atoms with Crippen LogP contribution in [0.4, 0.5) is 0 Å². The number of nitrogens with zero attached hydrogens (tertiary/aromatic N) is 7. The van der Waals surface area contributed by atoms with Crippen molar-refractivity contribution >= 4 is 11.8 Å². The molecule has 0 heterocycles. The Morgan fingerprint density at radius 2 is 1.44 bits per heavy atom. The molecule has 2 rings (SSSR count). The van der Waals surface area contributed by atoms with E-state index < -0.39 is 0 Å². The van der Waals surface area contributed by atoms with E-state index in [-0.39, 0.29) is 66.1 Å². The van der Waals surface area contributed by atoms with Gasteiger partial charge in [-0.05, 0) is 25.7 Å². The molecule has 168 valence electrons. The molecule has 0 aliphatic heterocycles. The third-order valence-electron chi connectivity index (χ3n) is 4.80. The molecule has 0 spiro atoms. The summed E-state index contributed by atoms with van der Waals surface area (Å²) in [4.78, 5) is 7.76. The molecule has 13 heteroatoms. The summed E-state index contributed by atoms with van der Waals surface area (Å²) in [5.74, 6) is 0.440. The van der Waals surface area contributed by atoms with Gasteiger partial charge < -0.3 is 38.8 Å². The minimum Gasteiger partial charge on any atom is -0.387 e. The molecule has 4 unspecified atom stereocenters. The summed E-state index contributed by atoms with van der Waals surface area (Å²) in [6, 6.07) is 2.53. The largest absolute Gasteiger partial charge is 1.00 e. The Kier molecular flexibility index (Phi) is 20.1. The van der Waals surface area contributed by atoms with Gasteiger partial charge in [0, 0.05) is 24.5 Å². The Morgan fingerprint density at radius 1 is 0.906 bits per heavy atom. The van der Waals surface area contributed by atoms with Crippen LogP contribution >= 0.6 is 0 Å². The number of amidine groups is 1. The molecular formula is C19H31N12Na. The maximum absolute atomic E-state index is 8.55. The van der Waals surface area contributed by atoms with Gasteiger partial charge in [-0.3, -0.25) is 10.3 Å². The Morgan fingerprint density at radius 3 is 1.88 bits per heavy atom. The van der Waals surface area contributed by atoms with E-state index in [1.807, 2.05) is 6.07 Å². The molecule has 9 N–H and O–H groups in total. The second kappa shape index (κ2) is 20.3. The molecule has 2 saturated carbocycles. The monoisotopic (exact) mass is 450 g/mol. The number of guanidine groups is 1. The van der Waals surface area contributed by atoms with Crippen molar-refractivity contribution in [3.05, 3.63) is 5.32 Å². The van der Waals surface area contributed by atoms with Gasteiger partial charge in [0.05, 0.1) is 24.6 Å². The first-order valence-corrected chi connectivity index (χ1v) is 10.1. The van der Waals surface area contributed by atoms with Crippen molar-refractivity contribution in [2.45, 2.75) is 82.0 Å². The first kappa shape index (κ1) is 31.6. The van der Waals surface area contributed by atoms with Crippen LogP contribution in [-0.2, 0) is 0 Å². The molecule has 2 aliphatic rings. The molecule has 0 saturated heterocycles. The van der Waals surface area contributed by atoms with Gasteiger partial charge in [0.15, 0.2) is 0 Å². The predicted octanol–water partition coefficient (Wildman–Crippen LogP) is -2.50. The quantitative estimate of drug-likeness (QED) is 0.131. The summed E-state index contributed by atoms with van der Waals surface area (Å²) in [6.45, 7) is 0. The molecule has 0 aromatic heterocycles. The second-order valence-electron chi connectivity index (χ2n) is 7.08. The van der Waals surface area contributed by atoms with Crippen LogP contribution in [0.25, 0.3) is 5.32 Å². The smallest absolute Gasteiger partial charge is 0.387 e. The van der Waals surface area contributed by atoms with E-state index >= 15 is 0 Å². The van der Waals surface area contributed by atoms with Crippen LogP contribution < -0.4 is 57.8 Å². The van der Waals surface area contributed by atoms with Crippen molar-refractivity contribution in [2.75, 3.05) is 0 Å². The van der Waals surface area contributed by atoms with E-state index in [2.05, 4.69) is 20.6 Å². The number of rotatable bonds is 3. The minimum atomic E-state index is -0.0143. The van der Waals surface area contributed by atoms with Crippen LogP contribution in [-0.4, -0.2) is 36.0 Å². The summed E-state index contributed by atoms with van der Waals surface area (Å²) in [5, 5.41) is 37.4. The summed E-state index contributed by atoms with van der Waals surface area (Å²) < 4.78 is 0. The Bertz CT molecular complexity index is 717. The summed E-state index contributed by atoms with van der Waals surface area (Å²) >= 11 is 0. The number of hydrogen-bond acceptors (Lipinski definition) is 8. The van der Waals surface area contributed by atoms with Crippen LogP contribution in [0.2, 0.25) is 0 Å². The Balaban J connectivity index is 0. The van der Waals surface area contributed by atoms with Crippen molar-refractivity contribution in [1.82, 2.24) is 5.32 Å². The first-order chi connectivity index (χ1) is 14.9. The van der Waals surface area contributed by atoms with Gasteiger partial charge in [-0.15, -0.1) is 4.99 Å². The average Bonchev–Trinajstić information content (AvgIpc) is 2.74. The van der Waals surface area contributed by atoms with E-state index in [1.54, 1.807) is 6.19 Å². The fraction of sp³-hybridized carbons (Fsp3) is 0.684. The van der Waals surface area contributed by atoms with Crippen molar-refractivity contribution in [3.8, 4) is 24.6 Å². The van der Waals surface area contributed by atoms with Gasteiger partial charge in [-0.1, -0.05) is 25.7 Å². The summed E-state index contributed by atoms with van der Waals surface area (Å²) in [6.07, 6.45) is 13.1. The third-order valence-corrected chi connectivity index (χ3v) is 4.80. The van der Waals surface area contributed by atoms with Gasteiger partial charge in [-0.25, -0.2) is 0 Å². The SMILES string of the molecule is N#CCC(N)=NC1CCCCC1NC(N)=NC#N.N#C[N-]C#N.NC1CCCCC1N.[Na+]. The Labute approximate surface area is 212 Å². The third kappa shape index (κ3) is 15.3. The number of nitriles is 4. The zero-order valence-electron chi connectivity index (χ0n) is 18.6. The van der Waals surface area contributed by atoms with Gasteiger partial charge in [-0.2, -0.15) is 10.5 Å². The van der Waals surface area contributed by atoms with Crippen molar-refractivity contribution in [1.29, 1.82) is 21.0 Å². The van der Waals surface area contributed by atoms with Crippen molar-refractivity contribution < 1.29 is 29.6 Å². The van der Waals surface area contributed by atoms with Gasteiger partial charge in [0.2, 0.25) is 12.2 Å². The van der Waals surface area contributed by atoms with Crippen LogP contribution in [0.5, 0.6) is 0 Å². The first-order valence-electron chi connectivity index (χ1n) is 10.1. The molecule has 2 fully saturated rings. The van der Waals surface area contributed by atoms with Gasteiger partial charge >= 0.3 is 29.6 Å². The van der Waals surface area contributed by atoms with Gasteiger partial charge in [0.25, 0.3) is 0 Å². The molecule has 0 bridgehead atoms. The van der Waals surface area contributed by atoms with E-state index in [4.69, 9.17) is 44.0 Å². The molecule has 2 aliphatic carbocycles. The Hall–Kier alpha value is -2.58. The topological polar surface area (TPSA) is 250 Å². The van der Waals surface area contributed by atoms with Gasteiger partial charge in [0.1, 0.15) is 5.84 Å². The standard InChI is InChI=1S/C11H17N7.C6H14N2.C2N3.Na/c12-6-5-10(14)17-8-3-1-2-4-9(8)18-11(15)16-7-13;7-5-3-1-2-4-6(5)8;3-1-5-2-4;/h8-9H,1-5H2,(H2,14,17)(H3,15,16,18);5-6H,1-4,7-8H2;;/q;;-1;+1. The van der Waals surface area contributed by atoms with Crippen LogP contribution in [0, 0.1) is 45.7 Å². The second-order valence-corrected chi connectivity index (χ2v) is 7.08. The molecule has 0 amide bonds. The summed E-state index contributed by atoms with van der Waals surface area (Å²) in [5.41, 5.74) is 22.5. The molecule has 0 aromatic carbocycles. The van der Waals surface area contributed by atoms with E-state index in [0.29, 0.717) is 5.84 Å². The van der Waals surface area contributed by atoms with Crippen molar-refractivity contribution in [2.24, 2.45) is 32.9 Å².